The molecule has 0 amide bonds. The molecule has 0 spiro atoms. The van der Waals surface area contributed by atoms with Crippen molar-refractivity contribution in [3.63, 3.8) is 0 Å². The van der Waals surface area contributed by atoms with Gasteiger partial charge in [-0.05, 0) is 25.8 Å². The topological polar surface area (TPSA) is 30.5 Å². The van der Waals surface area contributed by atoms with E-state index in [-0.39, 0.29) is 5.82 Å². The monoisotopic (exact) mass is 239 g/mol. The third-order valence-corrected chi connectivity index (χ3v) is 3.04. The molecule has 1 aliphatic heterocycles. The van der Waals surface area contributed by atoms with E-state index >= 15 is 0 Å². The zero-order valence-electron chi connectivity index (χ0n) is 10.0. The lowest BCUT2D eigenvalue weighted by Crippen LogP contribution is -2.49. The van der Waals surface area contributed by atoms with Crippen LogP contribution in [0.2, 0.25) is 0 Å². The van der Waals surface area contributed by atoms with Crippen LogP contribution in [0.4, 0.5) is 4.39 Å². The van der Waals surface area contributed by atoms with Gasteiger partial charge in [-0.25, -0.2) is 4.39 Å². The second kappa shape index (κ2) is 5.58. The fourth-order valence-electron chi connectivity index (χ4n) is 2.20. The highest BCUT2D eigenvalue weighted by Gasteiger charge is 2.37. The first-order valence-electron chi connectivity index (χ1n) is 6.00. The summed E-state index contributed by atoms with van der Waals surface area (Å²) in [5.41, 5.74) is 3.04. The summed E-state index contributed by atoms with van der Waals surface area (Å²) in [4.78, 5) is 5.29. The maximum Gasteiger partial charge on any atom is 0.128 e. The standard InChI is InChI=1S/C13H18FNO2/c1-2-17-15-13(8-5-9-16-10-13)11-6-3-4-7-12(11)14/h3-4,6-7,15H,2,5,8-10H2,1H3/t13-/m1/s1. The van der Waals surface area contributed by atoms with E-state index < -0.39 is 5.54 Å². The van der Waals surface area contributed by atoms with Gasteiger partial charge in [0.1, 0.15) is 5.82 Å². The second-order valence-electron chi connectivity index (χ2n) is 4.25. The number of hydroxylamine groups is 1. The van der Waals surface area contributed by atoms with Crippen LogP contribution >= 0.6 is 0 Å². The Kier molecular flexibility index (Phi) is 4.10. The lowest BCUT2D eigenvalue weighted by atomic mass is 9.85. The quantitative estimate of drug-likeness (QED) is 0.818. The summed E-state index contributed by atoms with van der Waals surface area (Å²) in [6.45, 7) is 3.60. The van der Waals surface area contributed by atoms with Gasteiger partial charge in [0.15, 0.2) is 0 Å². The predicted molar refractivity (Wildman–Crippen MR) is 62.9 cm³/mol. The summed E-state index contributed by atoms with van der Waals surface area (Å²) in [5.74, 6) is -0.217. The fraction of sp³-hybridized carbons (Fsp3) is 0.538. The molecule has 17 heavy (non-hydrogen) atoms. The molecule has 94 valence electrons. The van der Waals surface area contributed by atoms with E-state index in [2.05, 4.69) is 5.48 Å². The Bertz CT molecular complexity index is 364. The Hall–Kier alpha value is -0.970. The molecule has 0 aliphatic carbocycles. The molecule has 1 aromatic rings. The van der Waals surface area contributed by atoms with E-state index in [0.717, 1.165) is 19.4 Å². The van der Waals surface area contributed by atoms with Crippen LogP contribution < -0.4 is 5.48 Å². The Balaban J connectivity index is 2.28. The molecule has 1 atom stereocenters. The minimum atomic E-state index is -0.556. The number of hydrogen-bond donors (Lipinski definition) is 1. The van der Waals surface area contributed by atoms with Crippen LogP contribution in [0, 0.1) is 5.82 Å². The van der Waals surface area contributed by atoms with Gasteiger partial charge in [-0.15, -0.1) is 0 Å². The van der Waals surface area contributed by atoms with Crippen molar-refractivity contribution in [2.75, 3.05) is 19.8 Å². The third-order valence-electron chi connectivity index (χ3n) is 3.04. The highest BCUT2D eigenvalue weighted by molar-refractivity contribution is 5.26. The number of halogens is 1. The number of benzene rings is 1. The number of nitrogens with one attached hydrogen (secondary N) is 1. The van der Waals surface area contributed by atoms with Gasteiger partial charge in [0.25, 0.3) is 0 Å². The summed E-state index contributed by atoms with van der Waals surface area (Å²) in [7, 11) is 0. The van der Waals surface area contributed by atoms with Crippen molar-refractivity contribution in [2.45, 2.75) is 25.3 Å². The molecule has 1 saturated heterocycles. The van der Waals surface area contributed by atoms with E-state index in [1.165, 1.54) is 6.07 Å². The molecule has 0 radical (unpaired) electrons. The minimum absolute atomic E-state index is 0.217. The smallest absolute Gasteiger partial charge is 0.128 e. The van der Waals surface area contributed by atoms with E-state index in [9.17, 15) is 4.39 Å². The maximum absolute atomic E-state index is 13.9. The normalized spacial score (nSPS) is 24.8. The summed E-state index contributed by atoms with van der Waals surface area (Å²) >= 11 is 0. The number of hydrogen-bond acceptors (Lipinski definition) is 3. The van der Waals surface area contributed by atoms with Crippen LogP contribution in [0.15, 0.2) is 24.3 Å². The average molecular weight is 239 g/mol. The van der Waals surface area contributed by atoms with Crippen LogP contribution in [0.5, 0.6) is 0 Å². The third kappa shape index (κ3) is 2.65. The van der Waals surface area contributed by atoms with Crippen LogP contribution in [0.3, 0.4) is 0 Å². The zero-order chi connectivity index (χ0) is 12.1. The molecule has 1 aromatic carbocycles. The fourth-order valence-corrected chi connectivity index (χ4v) is 2.20. The molecule has 3 nitrogen and oxygen atoms in total. The van der Waals surface area contributed by atoms with Gasteiger partial charge >= 0.3 is 0 Å². The van der Waals surface area contributed by atoms with Gasteiger partial charge in [0, 0.05) is 12.2 Å². The van der Waals surface area contributed by atoms with Crippen molar-refractivity contribution in [1.29, 1.82) is 0 Å². The number of ether oxygens (including phenoxy) is 1. The molecule has 0 saturated carbocycles. The zero-order valence-corrected chi connectivity index (χ0v) is 10.0. The van der Waals surface area contributed by atoms with Gasteiger partial charge in [0.05, 0.1) is 18.8 Å². The van der Waals surface area contributed by atoms with Crippen LogP contribution in [-0.2, 0) is 15.1 Å². The molecule has 0 bridgehead atoms. The second-order valence-corrected chi connectivity index (χ2v) is 4.25. The molecular formula is C13H18FNO2. The number of rotatable bonds is 4. The van der Waals surface area contributed by atoms with Crippen molar-refractivity contribution in [3.05, 3.63) is 35.6 Å². The van der Waals surface area contributed by atoms with Gasteiger partial charge in [-0.3, -0.25) is 0 Å². The first kappa shape index (κ1) is 12.5. The molecule has 2 rings (SSSR count). The SMILES string of the molecule is CCON[C@]1(c2ccccc2F)CCCOC1. The van der Waals surface area contributed by atoms with Crippen molar-refractivity contribution in [3.8, 4) is 0 Å². The van der Waals surface area contributed by atoms with Crippen molar-refractivity contribution in [2.24, 2.45) is 0 Å². The lowest BCUT2D eigenvalue weighted by Gasteiger charge is -2.37. The molecule has 1 fully saturated rings. The first-order chi connectivity index (χ1) is 8.28. The summed E-state index contributed by atoms with van der Waals surface area (Å²) in [6.07, 6.45) is 1.71. The van der Waals surface area contributed by atoms with E-state index in [4.69, 9.17) is 9.57 Å². The molecular weight excluding hydrogens is 221 g/mol. The molecule has 1 aliphatic rings. The summed E-state index contributed by atoms with van der Waals surface area (Å²) in [5, 5.41) is 0. The van der Waals surface area contributed by atoms with Gasteiger partial charge in [-0.2, -0.15) is 5.48 Å². The first-order valence-corrected chi connectivity index (χ1v) is 6.00. The van der Waals surface area contributed by atoms with Gasteiger partial charge in [-0.1, -0.05) is 18.2 Å². The van der Waals surface area contributed by atoms with Crippen LogP contribution in [-0.4, -0.2) is 19.8 Å². The van der Waals surface area contributed by atoms with Gasteiger partial charge in [0.2, 0.25) is 0 Å². The van der Waals surface area contributed by atoms with E-state index in [0.29, 0.717) is 18.8 Å². The highest BCUT2D eigenvalue weighted by atomic mass is 19.1. The Labute approximate surface area is 101 Å². The lowest BCUT2D eigenvalue weighted by molar-refractivity contribution is -0.0832. The average Bonchev–Trinajstić information content (AvgIpc) is 2.38. The van der Waals surface area contributed by atoms with Crippen molar-refractivity contribution < 1.29 is 14.0 Å². The highest BCUT2D eigenvalue weighted by Crippen LogP contribution is 2.32. The molecule has 0 aromatic heterocycles. The van der Waals surface area contributed by atoms with Gasteiger partial charge < -0.3 is 9.57 Å². The Morgan fingerprint density at radius 2 is 2.29 bits per heavy atom. The predicted octanol–water partition coefficient (Wildman–Crippen LogP) is 2.37. The van der Waals surface area contributed by atoms with E-state index in [1.54, 1.807) is 12.1 Å². The Morgan fingerprint density at radius 1 is 1.47 bits per heavy atom. The van der Waals surface area contributed by atoms with Crippen molar-refractivity contribution in [1.82, 2.24) is 5.48 Å². The summed E-state index contributed by atoms with van der Waals surface area (Å²) < 4.78 is 19.4. The minimum Gasteiger partial charge on any atom is -0.379 e. The van der Waals surface area contributed by atoms with E-state index in [1.807, 2.05) is 13.0 Å². The molecule has 0 unspecified atom stereocenters. The maximum atomic E-state index is 13.9. The Morgan fingerprint density at radius 3 is 2.94 bits per heavy atom. The van der Waals surface area contributed by atoms with Crippen LogP contribution in [0.25, 0.3) is 0 Å². The van der Waals surface area contributed by atoms with Crippen molar-refractivity contribution >= 4 is 0 Å². The largest absolute Gasteiger partial charge is 0.379 e. The molecule has 4 heteroatoms. The molecule has 1 heterocycles. The van der Waals surface area contributed by atoms with Crippen LogP contribution in [0.1, 0.15) is 25.3 Å². The summed E-state index contributed by atoms with van der Waals surface area (Å²) in [6, 6.07) is 6.79. The molecule has 1 N–H and O–H groups in total.